The number of methoxy groups -OCH3 is 2. The SMILES string of the molecule is COc1ccc(CC(C)(C#N)NC2CCCC2)cc1OC. The molecule has 0 aliphatic heterocycles. The second-order valence-corrected chi connectivity index (χ2v) is 5.94. The Hall–Kier alpha value is -1.73. The van der Waals surface area contributed by atoms with E-state index in [0.29, 0.717) is 24.0 Å². The maximum absolute atomic E-state index is 9.57. The van der Waals surface area contributed by atoms with Gasteiger partial charge in [-0.15, -0.1) is 0 Å². The molecule has 1 aliphatic carbocycles. The van der Waals surface area contributed by atoms with Gasteiger partial charge in [0.2, 0.25) is 0 Å². The molecular formula is C17H24N2O2. The standard InChI is InChI=1S/C17H24N2O2/c1-17(12-18,19-14-6-4-5-7-14)11-13-8-9-15(20-2)16(10-13)21-3/h8-10,14,19H,4-7,11H2,1-3H3. The molecule has 1 saturated carbocycles. The Morgan fingerprint density at radius 3 is 2.48 bits per heavy atom. The van der Waals surface area contributed by atoms with Crippen LogP contribution in [0.1, 0.15) is 38.2 Å². The van der Waals surface area contributed by atoms with Crippen molar-refractivity contribution in [3.05, 3.63) is 23.8 Å². The monoisotopic (exact) mass is 288 g/mol. The van der Waals surface area contributed by atoms with Crippen molar-refractivity contribution < 1.29 is 9.47 Å². The summed E-state index contributed by atoms with van der Waals surface area (Å²) in [6.45, 7) is 1.97. The van der Waals surface area contributed by atoms with E-state index in [4.69, 9.17) is 9.47 Å². The summed E-state index contributed by atoms with van der Waals surface area (Å²) in [7, 11) is 3.25. The normalized spacial score (nSPS) is 18.0. The lowest BCUT2D eigenvalue weighted by atomic mass is 9.92. The van der Waals surface area contributed by atoms with Crippen molar-refractivity contribution in [3.8, 4) is 17.6 Å². The van der Waals surface area contributed by atoms with E-state index < -0.39 is 5.54 Å². The molecular weight excluding hydrogens is 264 g/mol. The second-order valence-electron chi connectivity index (χ2n) is 5.94. The van der Waals surface area contributed by atoms with Crippen molar-refractivity contribution >= 4 is 0 Å². The molecule has 1 fully saturated rings. The van der Waals surface area contributed by atoms with Crippen LogP contribution in [-0.4, -0.2) is 25.8 Å². The fraction of sp³-hybridized carbons (Fsp3) is 0.588. The third kappa shape index (κ3) is 3.89. The molecule has 0 spiro atoms. The summed E-state index contributed by atoms with van der Waals surface area (Å²) in [4.78, 5) is 0. The first kappa shape index (κ1) is 15.7. The van der Waals surface area contributed by atoms with Crippen LogP contribution in [0.3, 0.4) is 0 Å². The number of hydrogen-bond donors (Lipinski definition) is 1. The van der Waals surface area contributed by atoms with Crippen LogP contribution in [0.25, 0.3) is 0 Å². The average molecular weight is 288 g/mol. The van der Waals surface area contributed by atoms with Crippen molar-refractivity contribution in [1.82, 2.24) is 5.32 Å². The highest BCUT2D eigenvalue weighted by Gasteiger charge is 2.29. The van der Waals surface area contributed by atoms with E-state index in [2.05, 4.69) is 11.4 Å². The van der Waals surface area contributed by atoms with Gasteiger partial charge < -0.3 is 9.47 Å². The Labute approximate surface area is 127 Å². The summed E-state index contributed by atoms with van der Waals surface area (Å²) < 4.78 is 10.6. The van der Waals surface area contributed by atoms with Crippen molar-refractivity contribution in [2.45, 2.75) is 50.6 Å². The minimum atomic E-state index is -0.547. The molecule has 4 heteroatoms. The van der Waals surface area contributed by atoms with Gasteiger partial charge in [-0.05, 0) is 37.5 Å². The van der Waals surface area contributed by atoms with Gasteiger partial charge in [0.15, 0.2) is 11.5 Å². The quantitative estimate of drug-likeness (QED) is 0.874. The minimum absolute atomic E-state index is 0.467. The first-order valence-electron chi connectivity index (χ1n) is 7.50. The fourth-order valence-electron chi connectivity index (χ4n) is 3.04. The van der Waals surface area contributed by atoms with E-state index in [9.17, 15) is 5.26 Å². The molecule has 114 valence electrons. The van der Waals surface area contributed by atoms with Crippen LogP contribution in [0.4, 0.5) is 0 Å². The number of benzene rings is 1. The first-order valence-corrected chi connectivity index (χ1v) is 7.50. The van der Waals surface area contributed by atoms with Crippen molar-refractivity contribution in [3.63, 3.8) is 0 Å². The smallest absolute Gasteiger partial charge is 0.160 e. The summed E-state index contributed by atoms with van der Waals surface area (Å²) in [5, 5.41) is 13.1. The second kappa shape index (κ2) is 6.82. The molecule has 0 radical (unpaired) electrons. The van der Waals surface area contributed by atoms with Gasteiger partial charge in [0.25, 0.3) is 0 Å². The van der Waals surface area contributed by atoms with Crippen molar-refractivity contribution in [2.75, 3.05) is 14.2 Å². The van der Waals surface area contributed by atoms with Crippen LogP contribution < -0.4 is 14.8 Å². The van der Waals surface area contributed by atoms with E-state index >= 15 is 0 Å². The van der Waals surface area contributed by atoms with Gasteiger partial charge in [0, 0.05) is 12.5 Å². The van der Waals surface area contributed by atoms with Gasteiger partial charge in [-0.1, -0.05) is 18.9 Å². The number of rotatable bonds is 6. The first-order chi connectivity index (χ1) is 10.1. The summed E-state index contributed by atoms with van der Waals surface area (Å²) in [6, 6.07) is 8.74. The zero-order valence-electron chi connectivity index (χ0n) is 13.1. The van der Waals surface area contributed by atoms with E-state index in [1.807, 2.05) is 25.1 Å². The van der Waals surface area contributed by atoms with Gasteiger partial charge in [-0.25, -0.2) is 0 Å². The van der Waals surface area contributed by atoms with Gasteiger partial charge in [-0.3, -0.25) is 5.32 Å². The Bertz CT molecular complexity index is 518. The summed E-state index contributed by atoms with van der Waals surface area (Å²) >= 11 is 0. The largest absolute Gasteiger partial charge is 0.493 e. The third-order valence-electron chi connectivity index (χ3n) is 4.13. The number of nitrogens with one attached hydrogen (secondary N) is 1. The van der Waals surface area contributed by atoms with Gasteiger partial charge in [0.1, 0.15) is 5.54 Å². The molecule has 4 nitrogen and oxygen atoms in total. The van der Waals surface area contributed by atoms with Gasteiger partial charge >= 0.3 is 0 Å². The molecule has 1 N–H and O–H groups in total. The van der Waals surface area contributed by atoms with Crippen LogP contribution in [0.5, 0.6) is 11.5 Å². The lowest BCUT2D eigenvalue weighted by Gasteiger charge is -2.27. The van der Waals surface area contributed by atoms with Crippen molar-refractivity contribution in [1.29, 1.82) is 5.26 Å². The minimum Gasteiger partial charge on any atom is -0.493 e. The number of hydrogen-bond acceptors (Lipinski definition) is 4. The molecule has 2 rings (SSSR count). The number of nitrogens with zero attached hydrogens (tertiary/aromatic N) is 1. The lowest BCUT2D eigenvalue weighted by molar-refractivity contribution is 0.352. The Morgan fingerprint density at radius 2 is 1.90 bits per heavy atom. The fourth-order valence-corrected chi connectivity index (χ4v) is 3.04. The molecule has 1 aliphatic rings. The highest BCUT2D eigenvalue weighted by Crippen LogP contribution is 2.29. The summed E-state index contributed by atoms with van der Waals surface area (Å²) in [5.41, 5.74) is 0.524. The van der Waals surface area contributed by atoms with E-state index in [1.54, 1.807) is 14.2 Å². The molecule has 1 aromatic carbocycles. The van der Waals surface area contributed by atoms with Crippen LogP contribution in [-0.2, 0) is 6.42 Å². The summed E-state index contributed by atoms with van der Waals surface area (Å²) in [5.74, 6) is 1.42. The average Bonchev–Trinajstić information content (AvgIpc) is 2.99. The predicted molar refractivity (Wildman–Crippen MR) is 82.7 cm³/mol. The van der Waals surface area contributed by atoms with E-state index in [1.165, 1.54) is 25.7 Å². The zero-order valence-corrected chi connectivity index (χ0v) is 13.1. The molecule has 0 amide bonds. The molecule has 1 unspecified atom stereocenters. The Morgan fingerprint density at radius 1 is 1.24 bits per heavy atom. The van der Waals surface area contributed by atoms with E-state index in [0.717, 1.165) is 5.56 Å². The zero-order chi connectivity index (χ0) is 15.3. The van der Waals surface area contributed by atoms with Crippen LogP contribution in [0, 0.1) is 11.3 Å². The molecule has 0 saturated heterocycles. The molecule has 0 bridgehead atoms. The van der Waals surface area contributed by atoms with Gasteiger partial charge in [0.05, 0.1) is 20.3 Å². The van der Waals surface area contributed by atoms with Crippen LogP contribution in [0.15, 0.2) is 18.2 Å². The molecule has 21 heavy (non-hydrogen) atoms. The molecule has 0 aromatic heterocycles. The number of ether oxygens (including phenoxy) is 2. The number of nitriles is 1. The third-order valence-corrected chi connectivity index (χ3v) is 4.13. The van der Waals surface area contributed by atoms with Gasteiger partial charge in [-0.2, -0.15) is 5.26 Å². The highest BCUT2D eigenvalue weighted by atomic mass is 16.5. The molecule has 1 aromatic rings. The maximum atomic E-state index is 9.57. The Kier molecular flexibility index (Phi) is 5.08. The lowest BCUT2D eigenvalue weighted by Crippen LogP contribution is -2.47. The predicted octanol–water partition coefficient (Wildman–Crippen LogP) is 3.06. The maximum Gasteiger partial charge on any atom is 0.160 e. The summed E-state index contributed by atoms with van der Waals surface area (Å²) in [6.07, 6.45) is 5.51. The van der Waals surface area contributed by atoms with Crippen LogP contribution in [0.2, 0.25) is 0 Å². The molecule has 0 heterocycles. The topological polar surface area (TPSA) is 54.3 Å². The van der Waals surface area contributed by atoms with Crippen LogP contribution >= 0.6 is 0 Å². The Balaban J connectivity index is 2.12. The van der Waals surface area contributed by atoms with Crippen molar-refractivity contribution in [2.24, 2.45) is 0 Å². The molecule has 1 atom stereocenters. The highest BCUT2D eigenvalue weighted by molar-refractivity contribution is 5.43. The van der Waals surface area contributed by atoms with E-state index in [-0.39, 0.29) is 0 Å².